The number of hydrogen-bond acceptors (Lipinski definition) is 5. The van der Waals surface area contributed by atoms with Crippen LogP contribution >= 0.6 is 0 Å². The van der Waals surface area contributed by atoms with Crippen LogP contribution in [0, 0.1) is 0 Å². The Morgan fingerprint density at radius 2 is 2.27 bits per heavy atom. The first-order valence-electron chi connectivity index (χ1n) is 7.52. The molecule has 1 aliphatic heterocycles. The molecule has 3 heterocycles. The number of aromatic amines is 1. The Kier molecular flexibility index (Phi) is 4.87. The van der Waals surface area contributed by atoms with Gasteiger partial charge in [-0.3, -0.25) is 9.69 Å². The molecule has 1 saturated heterocycles. The van der Waals surface area contributed by atoms with Crippen molar-refractivity contribution in [3.05, 3.63) is 30.1 Å². The number of nitrogens with one attached hydrogen (secondary N) is 2. The van der Waals surface area contributed by atoms with E-state index in [0.29, 0.717) is 18.0 Å². The van der Waals surface area contributed by atoms with E-state index in [4.69, 9.17) is 9.26 Å². The van der Waals surface area contributed by atoms with Crippen molar-refractivity contribution in [1.29, 1.82) is 0 Å². The molecule has 1 fully saturated rings. The number of ether oxygens (including phenoxy) is 1. The number of morpholine rings is 1. The number of amides is 1. The fourth-order valence-corrected chi connectivity index (χ4v) is 2.41. The quantitative estimate of drug-likeness (QED) is 0.781. The van der Waals surface area contributed by atoms with Crippen LogP contribution in [0.2, 0.25) is 0 Å². The maximum atomic E-state index is 12.0. The average molecular weight is 304 g/mol. The molecule has 0 aliphatic carbocycles. The molecule has 7 nitrogen and oxygen atoms in total. The summed E-state index contributed by atoms with van der Waals surface area (Å²) in [6, 6.07) is 5.37. The third kappa shape index (κ3) is 3.75. The van der Waals surface area contributed by atoms with Crippen LogP contribution in [0.1, 0.15) is 16.9 Å². The van der Waals surface area contributed by atoms with Crippen molar-refractivity contribution in [3.63, 3.8) is 0 Å². The van der Waals surface area contributed by atoms with Gasteiger partial charge >= 0.3 is 0 Å². The summed E-state index contributed by atoms with van der Waals surface area (Å²) >= 11 is 0. The molecule has 3 rings (SSSR count). The van der Waals surface area contributed by atoms with E-state index in [1.54, 1.807) is 12.3 Å². The Balaban J connectivity index is 1.42. The minimum Gasteiger partial charge on any atom is -0.379 e. The smallest absolute Gasteiger partial charge is 0.273 e. The molecule has 0 atom stereocenters. The summed E-state index contributed by atoms with van der Waals surface area (Å²) in [5.41, 5.74) is 1.11. The SMILES string of the molecule is O=C(NCCCN1CCOCC1)c1cc(-c2ccc[nH]2)on1. The van der Waals surface area contributed by atoms with Gasteiger partial charge in [0.15, 0.2) is 11.5 Å². The topological polar surface area (TPSA) is 83.4 Å². The lowest BCUT2D eigenvalue weighted by atomic mass is 10.3. The van der Waals surface area contributed by atoms with E-state index < -0.39 is 0 Å². The molecule has 1 amide bonds. The minimum atomic E-state index is -0.205. The summed E-state index contributed by atoms with van der Waals surface area (Å²) in [6.45, 7) is 5.13. The zero-order valence-electron chi connectivity index (χ0n) is 12.4. The van der Waals surface area contributed by atoms with Crippen molar-refractivity contribution in [1.82, 2.24) is 20.4 Å². The predicted octanol–water partition coefficient (Wildman–Crippen LogP) is 1.12. The summed E-state index contributed by atoms with van der Waals surface area (Å²) in [5, 5.41) is 6.67. The Morgan fingerprint density at radius 3 is 3.05 bits per heavy atom. The highest BCUT2D eigenvalue weighted by molar-refractivity contribution is 5.92. The lowest BCUT2D eigenvalue weighted by Gasteiger charge is -2.26. The Morgan fingerprint density at radius 1 is 1.41 bits per heavy atom. The maximum absolute atomic E-state index is 12.0. The molecule has 0 saturated carbocycles. The van der Waals surface area contributed by atoms with E-state index in [9.17, 15) is 4.79 Å². The van der Waals surface area contributed by atoms with Crippen molar-refractivity contribution >= 4 is 5.91 Å². The van der Waals surface area contributed by atoms with E-state index in [1.165, 1.54) is 0 Å². The second-order valence-corrected chi connectivity index (χ2v) is 5.22. The van der Waals surface area contributed by atoms with E-state index in [2.05, 4.69) is 20.4 Å². The van der Waals surface area contributed by atoms with Crippen molar-refractivity contribution < 1.29 is 14.1 Å². The van der Waals surface area contributed by atoms with Crippen LogP contribution in [-0.4, -0.2) is 60.3 Å². The van der Waals surface area contributed by atoms with Crippen molar-refractivity contribution in [2.75, 3.05) is 39.4 Å². The number of nitrogens with zero attached hydrogens (tertiary/aromatic N) is 2. The molecule has 0 aromatic carbocycles. The van der Waals surface area contributed by atoms with Gasteiger partial charge in [0, 0.05) is 31.9 Å². The molecule has 118 valence electrons. The van der Waals surface area contributed by atoms with Crippen LogP contribution < -0.4 is 5.32 Å². The van der Waals surface area contributed by atoms with Crippen molar-refractivity contribution in [2.24, 2.45) is 0 Å². The number of rotatable bonds is 6. The third-order valence-corrected chi connectivity index (χ3v) is 3.65. The van der Waals surface area contributed by atoms with Gasteiger partial charge in [0.25, 0.3) is 5.91 Å². The van der Waals surface area contributed by atoms with Crippen LogP contribution in [0.15, 0.2) is 28.9 Å². The van der Waals surface area contributed by atoms with Crippen molar-refractivity contribution in [3.8, 4) is 11.5 Å². The highest BCUT2D eigenvalue weighted by Crippen LogP contribution is 2.17. The van der Waals surface area contributed by atoms with Crippen LogP contribution in [0.4, 0.5) is 0 Å². The molecule has 1 aliphatic rings. The lowest BCUT2D eigenvalue weighted by molar-refractivity contribution is 0.0374. The lowest BCUT2D eigenvalue weighted by Crippen LogP contribution is -2.38. The van der Waals surface area contributed by atoms with Gasteiger partial charge < -0.3 is 19.6 Å². The average Bonchev–Trinajstić information content (AvgIpc) is 3.22. The first-order chi connectivity index (χ1) is 10.8. The molecule has 0 unspecified atom stereocenters. The molecular formula is C15H20N4O3. The largest absolute Gasteiger partial charge is 0.379 e. The normalized spacial score (nSPS) is 15.8. The Labute approximate surface area is 128 Å². The maximum Gasteiger partial charge on any atom is 0.273 e. The Hall–Kier alpha value is -2.12. The molecule has 2 N–H and O–H groups in total. The summed E-state index contributed by atoms with van der Waals surface area (Å²) < 4.78 is 10.5. The Bertz CT molecular complexity index is 588. The van der Waals surface area contributed by atoms with Gasteiger partial charge in [0.05, 0.1) is 18.9 Å². The van der Waals surface area contributed by atoms with E-state index in [-0.39, 0.29) is 5.91 Å². The fourth-order valence-electron chi connectivity index (χ4n) is 2.41. The molecule has 2 aromatic rings. The van der Waals surface area contributed by atoms with Gasteiger partial charge in [-0.25, -0.2) is 0 Å². The third-order valence-electron chi connectivity index (χ3n) is 3.65. The first-order valence-corrected chi connectivity index (χ1v) is 7.52. The number of carbonyl (C=O) groups is 1. The van der Waals surface area contributed by atoms with Gasteiger partial charge in [0.2, 0.25) is 0 Å². The minimum absolute atomic E-state index is 0.205. The van der Waals surface area contributed by atoms with Gasteiger partial charge in [-0.15, -0.1) is 0 Å². The first kappa shape index (κ1) is 14.8. The van der Waals surface area contributed by atoms with Crippen LogP contribution in [0.5, 0.6) is 0 Å². The number of aromatic nitrogens is 2. The van der Waals surface area contributed by atoms with Gasteiger partial charge in [-0.05, 0) is 25.1 Å². The van der Waals surface area contributed by atoms with Crippen LogP contribution in [-0.2, 0) is 4.74 Å². The summed E-state index contributed by atoms with van der Waals surface area (Å²) in [7, 11) is 0. The predicted molar refractivity (Wildman–Crippen MR) is 80.5 cm³/mol. The standard InChI is InChI=1S/C15H20N4O3/c20-15(17-5-2-6-19-7-9-21-10-8-19)13-11-14(22-18-13)12-3-1-4-16-12/h1,3-4,11,16H,2,5-10H2,(H,17,20). The van der Waals surface area contributed by atoms with E-state index >= 15 is 0 Å². The van der Waals surface area contributed by atoms with Crippen LogP contribution in [0.25, 0.3) is 11.5 Å². The monoisotopic (exact) mass is 304 g/mol. The fraction of sp³-hybridized carbons (Fsp3) is 0.467. The zero-order valence-corrected chi connectivity index (χ0v) is 12.4. The van der Waals surface area contributed by atoms with Gasteiger partial charge in [-0.1, -0.05) is 5.16 Å². The number of carbonyl (C=O) groups excluding carboxylic acids is 1. The molecule has 7 heteroatoms. The molecule has 0 spiro atoms. The van der Waals surface area contributed by atoms with Crippen LogP contribution in [0.3, 0.4) is 0 Å². The van der Waals surface area contributed by atoms with Gasteiger partial charge in [0.1, 0.15) is 0 Å². The summed E-state index contributed by atoms with van der Waals surface area (Å²) in [6.07, 6.45) is 2.70. The van der Waals surface area contributed by atoms with Gasteiger partial charge in [-0.2, -0.15) is 0 Å². The highest BCUT2D eigenvalue weighted by atomic mass is 16.5. The molecule has 0 bridgehead atoms. The van der Waals surface area contributed by atoms with Crippen molar-refractivity contribution in [2.45, 2.75) is 6.42 Å². The second-order valence-electron chi connectivity index (χ2n) is 5.22. The molecular weight excluding hydrogens is 284 g/mol. The zero-order chi connectivity index (χ0) is 15.2. The van der Waals surface area contributed by atoms with E-state index in [0.717, 1.165) is 45.0 Å². The number of hydrogen-bond donors (Lipinski definition) is 2. The summed E-state index contributed by atoms with van der Waals surface area (Å²) in [5.74, 6) is 0.354. The second kappa shape index (κ2) is 7.24. The highest BCUT2D eigenvalue weighted by Gasteiger charge is 2.14. The summed E-state index contributed by atoms with van der Waals surface area (Å²) in [4.78, 5) is 17.4. The van der Waals surface area contributed by atoms with E-state index in [1.807, 2.05) is 12.1 Å². The number of H-pyrrole nitrogens is 1. The molecule has 22 heavy (non-hydrogen) atoms. The molecule has 0 radical (unpaired) electrons. The molecule has 2 aromatic heterocycles.